The van der Waals surface area contributed by atoms with Crippen LogP contribution >= 0.6 is 0 Å². The number of likely N-dealkylation sites (N-methyl/N-ethyl adjacent to an activating group) is 1. The molecule has 2 rings (SSSR count). The van der Waals surface area contributed by atoms with Crippen LogP contribution in [0, 0.1) is 11.8 Å². The molecule has 20 heavy (non-hydrogen) atoms. The Hall–Kier alpha value is -0.610. The Balaban J connectivity index is 1.74. The van der Waals surface area contributed by atoms with Crippen LogP contribution in [0.25, 0.3) is 0 Å². The second-order valence-corrected chi connectivity index (χ2v) is 6.39. The number of amides is 1. The van der Waals surface area contributed by atoms with Gasteiger partial charge in [-0.05, 0) is 63.8 Å². The second kappa shape index (κ2) is 7.99. The first-order chi connectivity index (χ1) is 9.72. The van der Waals surface area contributed by atoms with Crippen LogP contribution in [0.2, 0.25) is 0 Å². The molecule has 1 saturated carbocycles. The highest BCUT2D eigenvalue weighted by atomic mass is 16.5. The van der Waals surface area contributed by atoms with E-state index in [2.05, 4.69) is 6.92 Å². The van der Waals surface area contributed by atoms with E-state index in [4.69, 9.17) is 10.5 Å². The van der Waals surface area contributed by atoms with Crippen LogP contribution in [0.3, 0.4) is 0 Å². The van der Waals surface area contributed by atoms with Crippen molar-refractivity contribution in [2.45, 2.75) is 58.0 Å². The van der Waals surface area contributed by atoms with Crippen molar-refractivity contribution in [1.82, 2.24) is 4.90 Å². The summed E-state index contributed by atoms with van der Waals surface area (Å²) in [6.45, 7) is 5.32. The molecule has 1 amide bonds. The molecule has 1 aliphatic heterocycles. The van der Waals surface area contributed by atoms with Gasteiger partial charge in [-0.25, -0.2) is 0 Å². The Bertz CT molecular complexity index is 295. The highest BCUT2D eigenvalue weighted by molar-refractivity contribution is 5.76. The minimum absolute atomic E-state index is 0.270. The maximum absolute atomic E-state index is 12.4. The van der Waals surface area contributed by atoms with E-state index in [1.54, 1.807) is 0 Å². The topological polar surface area (TPSA) is 55.6 Å². The Morgan fingerprint density at radius 2 is 1.90 bits per heavy atom. The molecule has 1 saturated heterocycles. The van der Waals surface area contributed by atoms with Gasteiger partial charge in [0.15, 0.2) is 0 Å². The molecule has 0 bridgehead atoms. The van der Waals surface area contributed by atoms with Crippen molar-refractivity contribution in [3.63, 3.8) is 0 Å². The minimum Gasteiger partial charge on any atom is -0.376 e. The molecule has 0 aromatic carbocycles. The molecule has 1 aliphatic carbocycles. The smallest absolute Gasteiger partial charge is 0.222 e. The summed E-state index contributed by atoms with van der Waals surface area (Å²) >= 11 is 0. The molecule has 0 aromatic heterocycles. The molecular formula is C16H30N2O2. The van der Waals surface area contributed by atoms with Crippen molar-refractivity contribution < 1.29 is 9.53 Å². The van der Waals surface area contributed by atoms with Crippen LogP contribution in [0.5, 0.6) is 0 Å². The Kier molecular flexibility index (Phi) is 6.30. The van der Waals surface area contributed by atoms with E-state index in [1.165, 1.54) is 25.7 Å². The number of rotatable bonds is 6. The summed E-state index contributed by atoms with van der Waals surface area (Å²) in [7, 11) is 0. The van der Waals surface area contributed by atoms with Crippen LogP contribution < -0.4 is 5.73 Å². The lowest BCUT2D eigenvalue weighted by molar-refractivity contribution is -0.133. The number of hydrogen-bond donors (Lipinski definition) is 1. The average Bonchev–Trinajstić information content (AvgIpc) is 2.98. The first-order valence-corrected chi connectivity index (χ1v) is 8.32. The van der Waals surface area contributed by atoms with Gasteiger partial charge in [0.25, 0.3) is 0 Å². The van der Waals surface area contributed by atoms with Crippen molar-refractivity contribution in [1.29, 1.82) is 0 Å². The fourth-order valence-electron chi connectivity index (χ4n) is 3.49. The summed E-state index contributed by atoms with van der Waals surface area (Å²) in [5.41, 5.74) is 5.72. The van der Waals surface area contributed by atoms with E-state index < -0.39 is 0 Å². The van der Waals surface area contributed by atoms with Crippen LogP contribution in [-0.4, -0.2) is 43.2 Å². The molecule has 4 nitrogen and oxygen atoms in total. The zero-order valence-corrected chi connectivity index (χ0v) is 12.9. The van der Waals surface area contributed by atoms with E-state index in [1.807, 2.05) is 4.90 Å². The van der Waals surface area contributed by atoms with Gasteiger partial charge in [-0.3, -0.25) is 4.79 Å². The predicted octanol–water partition coefficient (Wildman–Crippen LogP) is 2.17. The van der Waals surface area contributed by atoms with Crippen LogP contribution in [0.15, 0.2) is 0 Å². The summed E-state index contributed by atoms with van der Waals surface area (Å²) in [5, 5.41) is 0. The van der Waals surface area contributed by atoms with E-state index in [0.717, 1.165) is 45.5 Å². The molecule has 2 fully saturated rings. The molecule has 2 aliphatic rings. The fourth-order valence-corrected chi connectivity index (χ4v) is 3.49. The third-order valence-corrected chi connectivity index (χ3v) is 4.95. The Labute approximate surface area is 123 Å². The number of nitrogens with two attached hydrogens (primary N) is 1. The van der Waals surface area contributed by atoms with Gasteiger partial charge in [-0.2, -0.15) is 0 Å². The quantitative estimate of drug-likeness (QED) is 0.812. The van der Waals surface area contributed by atoms with Gasteiger partial charge in [0.05, 0.1) is 6.10 Å². The molecule has 1 atom stereocenters. The summed E-state index contributed by atoms with van der Waals surface area (Å²) < 4.78 is 5.65. The predicted molar refractivity (Wildman–Crippen MR) is 80.3 cm³/mol. The first kappa shape index (κ1) is 15.8. The van der Waals surface area contributed by atoms with Gasteiger partial charge in [-0.1, -0.05) is 0 Å². The Morgan fingerprint density at radius 1 is 1.20 bits per heavy atom. The molecule has 1 unspecified atom stereocenters. The fraction of sp³-hybridized carbons (Fsp3) is 0.938. The average molecular weight is 282 g/mol. The maximum atomic E-state index is 12.4. The highest BCUT2D eigenvalue weighted by Crippen LogP contribution is 2.30. The normalized spacial score (nSPS) is 30.4. The second-order valence-electron chi connectivity index (χ2n) is 6.39. The lowest BCUT2D eigenvalue weighted by Crippen LogP contribution is -2.38. The number of carbonyl (C=O) groups is 1. The first-order valence-electron chi connectivity index (χ1n) is 8.32. The molecule has 116 valence electrons. The van der Waals surface area contributed by atoms with Crippen LogP contribution in [0.1, 0.15) is 51.9 Å². The van der Waals surface area contributed by atoms with E-state index in [0.29, 0.717) is 17.7 Å². The third-order valence-electron chi connectivity index (χ3n) is 4.95. The van der Waals surface area contributed by atoms with Crippen molar-refractivity contribution in [3.05, 3.63) is 0 Å². The lowest BCUT2D eigenvalue weighted by atomic mass is 9.80. The van der Waals surface area contributed by atoms with Crippen molar-refractivity contribution in [2.24, 2.45) is 17.6 Å². The van der Waals surface area contributed by atoms with Gasteiger partial charge in [0, 0.05) is 26.1 Å². The number of nitrogens with zero attached hydrogens (tertiary/aromatic N) is 1. The molecule has 0 spiro atoms. The van der Waals surface area contributed by atoms with Gasteiger partial charge < -0.3 is 15.4 Å². The largest absolute Gasteiger partial charge is 0.376 e. The zero-order valence-electron chi connectivity index (χ0n) is 12.9. The number of carbonyl (C=O) groups excluding carboxylic acids is 1. The molecule has 4 heteroatoms. The van der Waals surface area contributed by atoms with E-state index in [9.17, 15) is 4.79 Å². The molecule has 1 heterocycles. The van der Waals surface area contributed by atoms with Gasteiger partial charge in [-0.15, -0.1) is 0 Å². The van der Waals surface area contributed by atoms with E-state index in [-0.39, 0.29) is 6.10 Å². The van der Waals surface area contributed by atoms with Crippen molar-refractivity contribution >= 4 is 5.91 Å². The van der Waals surface area contributed by atoms with Crippen molar-refractivity contribution in [2.75, 3.05) is 26.2 Å². The summed E-state index contributed by atoms with van der Waals surface area (Å²) in [4.78, 5) is 14.4. The van der Waals surface area contributed by atoms with E-state index >= 15 is 0 Å². The molecule has 0 aromatic rings. The minimum atomic E-state index is 0.270. The van der Waals surface area contributed by atoms with Gasteiger partial charge in [0.1, 0.15) is 0 Å². The number of ether oxygens (including phenoxy) is 1. The molecular weight excluding hydrogens is 252 g/mol. The Morgan fingerprint density at radius 3 is 2.45 bits per heavy atom. The number of hydrogen-bond acceptors (Lipinski definition) is 3. The zero-order chi connectivity index (χ0) is 14.4. The summed E-state index contributed by atoms with van der Waals surface area (Å²) in [6, 6.07) is 0. The van der Waals surface area contributed by atoms with Crippen molar-refractivity contribution in [3.8, 4) is 0 Å². The molecule has 2 N–H and O–H groups in total. The van der Waals surface area contributed by atoms with Gasteiger partial charge >= 0.3 is 0 Å². The highest BCUT2D eigenvalue weighted by Gasteiger charge is 2.26. The SMILES string of the molecule is CCN(CC1CCCO1)C(=O)CC1CCC(CN)CC1. The standard InChI is InChI=1S/C16H30N2O2/c1-2-18(12-15-4-3-9-20-15)16(19)10-13-5-7-14(11-17)8-6-13/h13-15H,2-12,17H2,1H3. The van der Waals surface area contributed by atoms with Crippen LogP contribution in [-0.2, 0) is 9.53 Å². The third kappa shape index (κ3) is 4.45. The summed E-state index contributed by atoms with van der Waals surface area (Å²) in [5.74, 6) is 1.58. The maximum Gasteiger partial charge on any atom is 0.222 e. The molecule has 0 radical (unpaired) electrons. The summed E-state index contributed by atoms with van der Waals surface area (Å²) in [6.07, 6.45) is 7.98. The van der Waals surface area contributed by atoms with Crippen LogP contribution in [0.4, 0.5) is 0 Å². The monoisotopic (exact) mass is 282 g/mol. The van der Waals surface area contributed by atoms with Gasteiger partial charge in [0.2, 0.25) is 5.91 Å². The lowest BCUT2D eigenvalue weighted by Gasteiger charge is -2.30.